The third-order valence-electron chi connectivity index (χ3n) is 3.41. The van der Waals surface area contributed by atoms with Crippen molar-refractivity contribution in [3.63, 3.8) is 0 Å². The van der Waals surface area contributed by atoms with Crippen LogP contribution in [-0.2, 0) is 0 Å². The van der Waals surface area contributed by atoms with Crippen molar-refractivity contribution in [1.82, 2.24) is 0 Å². The van der Waals surface area contributed by atoms with Gasteiger partial charge in [0.05, 0.1) is 12.5 Å². The fraction of sp³-hybridized carbons (Fsp3) is 0.294. The first-order valence-electron chi connectivity index (χ1n) is 6.38. The number of ether oxygens (including phenoxy) is 1. The van der Waals surface area contributed by atoms with Crippen molar-refractivity contribution in [2.75, 3.05) is 7.11 Å². The highest BCUT2D eigenvalue weighted by atomic mass is 35.5. The Morgan fingerprint density at radius 3 is 2.26 bits per heavy atom. The largest absolute Gasteiger partial charge is 0.496 e. The number of rotatable bonds is 3. The van der Waals surface area contributed by atoms with E-state index in [4.69, 9.17) is 16.3 Å². The Labute approximate surface area is 120 Å². The fourth-order valence-corrected chi connectivity index (χ4v) is 2.73. The minimum atomic E-state index is -0.120. The summed E-state index contributed by atoms with van der Waals surface area (Å²) in [6, 6.07) is 12.5. The maximum absolute atomic E-state index is 6.62. The minimum Gasteiger partial charge on any atom is -0.496 e. The third-order valence-corrected chi connectivity index (χ3v) is 3.90. The van der Waals surface area contributed by atoms with Crippen LogP contribution in [0.4, 0.5) is 0 Å². The Morgan fingerprint density at radius 1 is 0.947 bits per heavy atom. The second-order valence-electron chi connectivity index (χ2n) is 4.95. The smallest absolute Gasteiger partial charge is 0.121 e. The maximum Gasteiger partial charge on any atom is 0.121 e. The molecule has 2 rings (SSSR count). The summed E-state index contributed by atoms with van der Waals surface area (Å²) in [6.07, 6.45) is 0. The summed E-state index contributed by atoms with van der Waals surface area (Å²) in [7, 11) is 1.68. The lowest BCUT2D eigenvalue weighted by Crippen LogP contribution is -1.98. The maximum atomic E-state index is 6.62. The average Bonchev–Trinajstić information content (AvgIpc) is 2.38. The van der Waals surface area contributed by atoms with Gasteiger partial charge in [0, 0.05) is 0 Å². The summed E-state index contributed by atoms with van der Waals surface area (Å²) in [6.45, 7) is 6.24. The zero-order valence-electron chi connectivity index (χ0n) is 11.8. The molecule has 0 N–H and O–H groups in total. The van der Waals surface area contributed by atoms with Gasteiger partial charge in [0.25, 0.3) is 0 Å². The van der Waals surface area contributed by atoms with E-state index >= 15 is 0 Å². The zero-order valence-corrected chi connectivity index (χ0v) is 12.6. The number of aryl methyl sites for hydroxylation is 3. The van der Waals surface area contributed by atoms with Gasteiger partial charge in [-0.15, -0.1) is 11.6 Å². The molecule has 0 aliphatic carbocycles. The molecular formula is C17H19ClO. The van der Waals surface area contributed by atoms with E-state index in [0.717, 1.165) is 22.4 Å². The van der Waals surface area contributed by atoms with Gasteiger partial charge >= 0.3 is 0 Å². The van der Waals surface area contributed by atoms with Gasteiger partial charge in [-0.1, -0.05) is 35.9 Å². The Kier molecular flexibility index (Phi) is 4.16. The predicted molar refractivity (Wildman–Crippen MR) is 81.3 cm³/mol. The molecule has 0 aliphatic rings. The molecule has 0 aromatic heterocycles. The van der Waals surface area contributed by atoms with Crippen molar-refractivity contribution in [3.8, 4) is 5.75 Å². The summed E-state index contributed by atoms with van der Waals surface area (Å²) in [4.78, 5) is 0. The highest BCUT2D eigenvalue weighted by Gasteiger charge is 2.14. The van der Waals surface area contributed by atoms with Gasteiger partial charge in [-0.3, -0.25) is 0 Å². The van der Waals surface area contributed by atoms with Crippen molar-refractivity contribution < 1.29 is 4.74 Å². The number of methoxy groups -OCH3 is 1. The van der Waals surface area contributed by atoms with Crippen LogP contribution in [0.2, 0.25) is 0 Å². The predicted octanol–water partition coefficient (Wildman–Crippen LogP) is 4.95. The zero-order chi connectivity index (χ0) is 14.0. The molecule has 0 spiro atoms. The van der Waals surface area contributed by atoms with Gasteiger partial charge in [0.1, 0.15) is 5.75 Å². The Morgan fingerprint density at radius 2 is 1.68 bits per heavy atom. The molecule has 1 unspecified atom stereocenters. The molecule has 100 valence electrons. The van der Waals surface area contributed by atoms with Crippen LogP contribution in [0, 0.1) is 20.8 Å². The fourth-order valence-electron chi connectivity index (χ4n) is 2.35. The number of benzene rings is 2. The molecule has 0 bridgehead atoms. The molecule has 2 aromatic carbocycles. The van der Waals surface area contributed by atoms with E-state index in [-0.39, 0.29) is 5.38 Å². The van der Waals surface area contributed by atoms with Crippen LogP contribution in [0.3, 0.4) is 0 Å². The highest BCUT2D eigenvalue weighted by Crippen LogP contribution is 2.33. The molecule has 19 heavy (non-hydrogen) atoms. The number of hydrogen-bond acceptors (Lipinski definition) is 1. The van der Waals surface area contributed by atoms with Gasteiger partial charge in [-0.05, 0) is 49.1 Å². The monoisotopic (exact) mass is 274 g/mol. The minimum absolute atomic E-state index is 0.120. The van der Waals surface area contributed by atoms with Crippen molar-refractivity contribution in [2.24, 2.45) is 0 Å². The van der Waals surface area contributed by atoms with Crippen LogP contribution in [0.25, 0.3) is 0 Å². The van der Waals surface area contributed by atoms with E-state index in [9.17, 15) is 0 Å². The second-order valence-corrected chi connectivity index (χ2v) is 5.39. The molecule has 2 aromatic rings. The molecule has 1 nitrogen and oxygen atoms in total. The van der Waals surface area contributed by atoms with Crippen LogP contribution < -0.4 is 4.74 Å². The SMILES string of the molecule is COc1ccc(C(Cl)c2ccc(C)cc2C)cc1C. The molecular weight excluding hydrogens is 256 g/mol. The Hall–Kier alpha value is -1.47. The number of alkyl halides is 1. The number of hydrogen-bond donors (Lipinski definition) is 0. The van der Waals surface area contributed by atoms with Crippen molar-refractivity contribution in [2.45, 2.75) is 26.1 Å². The first kappa shape index (κ1) is 14.0. The molecule has 0 saturated carbocycles. The van der Waals surface area contributed by atoms with Crippen molar-refractivity contribution in [3.05, 3.63) is 64.2 Å². The summed E-state index contributed by atoms with van der Waals surface area (Å²) >= 11 is 6.62. The van der Waals surface area contributed by atoms with Gasteiger partial charge in [-0.25, -0.2) is 0 Å². The molecule has 1 atom stereocenters. The molecule has 0 saturated heterocycles. The van der Waals surface area contributed by atoms with Gasteiger partial charge in [-0.2, -0.15) is 0 Å². The van der Waals surface area contributed by atoms with Crippen molar-refractivity contribution in [1.29, 1.82) is 0 Å². The molecule has 0 aliphatic heterocycles. The highest BCUT2D eigenvalue weighted by molar-refractivity contribution is 6.22. The summed E-state index contributed by atoms with van der Waals surface area (Å²) < 4.78 is 5.28. The molecule has 0 heterocycles. The van der Waals surface area contributed by atoms with Gasteiger partial charge in [0.2, 0.25) is 0 Å². The quantitative estimate of drug-likeness (QED) is 0.720. The normalized spacial score (nSPS) is 12.3. The lowest BCUT2D eigenvalue weighted by atomic mass is 9.97. The lowest BCUT2D eigenvalue weighted by Gasteiger charge is -2.15. The van der Waals surface area contributed by atoms with Crippen LogP contribution >= 0.6 is 11.6 Å². The Balaban J connectivity index is 2.38. The first-order chi connectivity index (χ1) is 9.02. The third kappa shape index (κ3) is 2.93. The Bertz CT molecular complexity index is 590. The molecule has 2 heteroatoms. The average molecular weight is 275 g/mol. The first-order valence-corrected chi connectivity index (χ1v) is 6.82. The molecule has 0 fully saturated rings. The van der Waals surface area contributed by atoms with Crippen LogP contribution in [0.15, 0.2) is 36.4 Å². The van der Waals surface area contributed by atoms with E-state index in [1.807, 2.05) is 19.1 Å². The van der Waals surface area contributed by atoms with Gasteiger partial charge in [0.15, 0.2) is 0 Å². The summed E-state index contributed by atoms with van der Waals surface area (Å²) in [5, 5.41) is -0.120. The lowest BCUT2D eigenvalue weighted by molar-refractivity contribution is 0.411. The van der Waals surface area contributed by atoms with Gasteiger partial charge < -0.3 is 4.74 Å². The van der Waals surface area contributed by atoms with E-state index in [1.165, 1.54) is 11.1 Å². The van der Waals surface area contributed by atoms with E-state index < -0.39 is 0 Å². The van der Waals surface area contributed by atoms with Crippen LogP contribution in [0.1, 0.15) is 33.2 Å². The summed E-state index contributed by atoms with van der Waals surface area (Å²) in [5.41, 5.74) is 5.86. The van der Waals surface area contributed by atoms with Crippen molar-refractivity contribution >= 4 is 11.6 Å². The van der Waals surface area contributed by atoms with E-state index in [1.54, 1.807) is 7.11 Å². The molecule has 0 amide bonds. The number of halogens is 1. The van der Waals surface area contributed by atoms with Crippen LogP contribution in [-0.4, -0.2) is 7.11 Å². The van der Waals surface area contributed by atoms with Crippen LogP contribution in [0.5, 0.6) is 5.75 Å². The topological polar surface area (TPSA) is 9.23 Å². The van der Waals surface area contributed by atoms with E-state index in [2.05, 4.69) is 38.1 Å². The van der Waals surface area contributed by atoms with E-state index in [0.29, 0.717) is 0 Å². The molecule has 0 radical (unpaired) electrons. The second kappa shape index (κ2) is 5.66. The standard InChI is InChI=1S/C17H19ClO/c1-11-5-7-15(12(2)9-11)17(18)14-6-8-16(19-4)13(3)10-14/h5-10,17H,1-4H3. The summed E-state index contributed by atoms with van der Waals surface area (Å²) in [5.74, 6) is 0.897.